The van der Waals surface area contributed by atoms with Crippen molar-refractivity contribution in [1.29, 1.82) is 0 Å². The molecule has 0 aliphatic carbocycles. The number of hydrogen-bond donors (Lipinski definition) is 4. The predicted octanol–water partition coefficient (Wildman–Crippen LogP) is 1.23. The molecule has 20 heavy (non-hydrogen) atoms. The lowest BCUT2D eigenvalue weighted by Crippen LogP contribution is -2.41. The lowest BCUT2D eigenvalue weighted by Gasteiger charge is -2.21. The van der Waals surface area contributed by atoms with E-state index < -0.39 is 35.3 Å². The van der Waals surface area contributed by atoms with Crippen molar-refractivity contribution in [3.8, 4) is 11.8 Å². The highest BCUT2D eigenvalue weighted by atomic mass is 16.6. The summed E-state index contributed by atoms with van der Waals surface area (Å²) in [6.45, 7) is 6.41. The zero-order valence-electron chi connectivity index (χ0n) is 11.7. The molecule has 0 saturated carbocycles. The quantitative estimate of drug-likeness (QED) is 0.490. The van der Waals surface area contributed by atoms with E-state index in [9.17, 15) is 19.8 Å². The van der Waals surface area contributed by atoms with Crippen LogP contribution in [0.15, 0.2) is 6.07 Å². The summed E-state index contributed by atoms with van der Waals surface area (Å²) in [4.78, 5) is 23.5. The first-order valence-corrected chi connectivity index (χ1v) is 5.89. The Morgan fingerprint density at radius 3 is 2.30 bits per heavy atom. The van der Waals surface area contributed by atoms with Crippen molar-refractivity contribution in [2.24, 2.45) is 0 Å². The van der Waals surface area contributed by atoms with E-state index in [1.165, 1.54) is 6.92 Å². The molecule has 0 unspecified atom stereocenters. The van der Waals surface area contributed by atoms with Crippen LogP contribution in [0.3, 0.4) is 0 Å². The van der Waals surface area contributed by atoms with Gasteiger partial charge in [-0.25, -0.2) is 4.79 Å². The average molecular weight is 286 g/mol. The molecule has 4 N–H and O–H groups in total. The Morgan fingerprint density at radius 1 is 1.35 bits per heavy atom. The number of amides is 1. The number of carbonyl (C=O) groups is 2. The molecule has 0 bridgehead atoms. The van der Waals surface area contributed by atoms with Crippen LogP contribution in [0, 0.1) is 0 Å². The molecular weight excluding hydrogens is 268 g/mol. The van der Waals surface area contributed by atoms with Crippen molar-refractivity contribution in [3.05, 3.63) is 11.6 Å². The first-order chi connectivity index (χ1) is 9.03. The van der Waals surface area contributed by atoms with Gasteiger partial charge in [0, 0.05) is 6.07 Å². The summed E-state index contributed by atoms with van der Waals surface area (Å²) < 4.78 is 5.05. The molecule has 8 heteroatoms. The lowest BCUT2D eigenvalue weighted by molar-refractivity contribution is 0.0496. The van der Waals surface area contributed by atoms with Crippen LogP contribution in [0.5, 0.6) is 11.8 Å². The van der Waals surface area contributed by atoms with E-state index in [4.69, 9.17) is 9.94 Å². The molecule has 0 aliphatic rings. The van der Waals surface area contributed by atoms with E-state index in [1.54, 1.807) is 20.8 Å². The molecule has 0 aromatic carbocycles. The number of ketones is 1. The Hall–Kier alpha value is -2.38. The number of aromatic nitrogens is 1. The fourth-order valence-electron chi connectivity index (χ4n) is 1.44. The topological polar surface area (TPSA) is 121 Å². The molecule has 112 valence electrons. The van der Waals surface area contributed by atoms with Gasteiger partial charge in [0.2, 0.25) is 11.8 Å². The van der Waals surface area contributed by atoms with Crippen LogP contribution in [0.1, 0.15) is 38.1 Å². The number of nitrogens with zero attached hydrogens (tertiary/aromatic N) is 1. The normalized spacial score (nSPS) is 12.8. The maximum Gasteiger partial charge on any atom is 0.408 e. The highest BCUT2D eigenvalue weighted by Gasteiger charge is 2.26. The summed E-state index contributed by atoms with van der Waals surface area (Å²) in [7, 11) is 0. The van der Waals surface area contributed by atoms with E-state index in [0.29, 0.717) is 0 Å². The molecule has 1 atom stereocenters. The largest absolute Gasteiger partial charge is 0.492 e. The van der Waals surface area contributed by atoms with Gasteiger partial charge in [-0.1, -0.05) is 0 Å². The summed E-state index contributed by atoms with van der Waals surface area (Å²) in [5.74, 6) is -2.17. The van der Waals surface area contributed by atoms with Crippen LogP contribution < -0.4 is 5.32 Å². The average Bonchev–Trinajstić information content (AvgIpc) is 2.53. The Morgan fingerprint density at radius 2 is 1.90 bits per heavy atom. The van der Waals surface area contributed by atoms with Crippen LogP contribution >= 0.6 is 0 Å². The van der Waals surface area contributed by atoms with Gasteiger partial charge in [0.15, 0.2) is 5.78 Å². The maximum atomic E-state index is 12.0. The predicted molar refractivity (Wildman–Crippen MR) is 68.1 cm³/mol. The summed E-state index contributed by atoms with van der Waals surface area (Å²) in [6.07, 6.45) is -0.787. The van der Waals surface area contributed by atoms with Gasteiger partial charge in [0.1, 0.15) is 5.60 Å². The van der Waals surface area contributed by atoms with E-state index >= 15 is 0 Å². The summed E-state index contributed by atoms with van der Waals surface area (Å²) in [6, 6.07) is -0.108. The smallest absolute Gasteiger partial charge is 0.408 e. The van der Waals surface area contributed by atoms with Crippen molar-refractivity contribution >= 4 is 11.9 Å². The van der Waals surface area contributed by atoms with Crippen molar-refractivity contribution in [2.75, 3.05) is 0 Å². The minimum atomic E-state index is -1.00. The van der Waals surface area contributed by atoms with E-state index in [1.807, 2.05) is 0 Å². The van der Waals surface area contributed by atoms with Crippen LogP contribution in [0.2, 0.25) is 0 Å². The Balaban J connectivity index is 2.77. The summed E-state index contributed by atoms with van der Waals surface area (Å²) in [5, 5.41) is 30.1. The van der Waals surface area contributed by atoms with Crippen molar-refractivity contribution in [2.45, 2.75) is 39.3 Å². The fourth-order valence-corrected chi connectivity index (χ4v) is 1.44. The Bertz CT molecular complexity index is 529. The summed E-state index contributed by atoms with van der Waals surface area (Å²) >= 11 is 0. The number of hydrogen-bond acceptors (Lipinski definition) is 6. The van der Waals surface area contributed by atoms with Gasteiger partial charge in [0.25, 0.3) is 0 Å². The third-order valence-corrected chi connectivity index (χ3v) is 2.32. The lowest BCUT2D eigenvalue weighted by atomic mass is 10.1. The molecule has 0 fully saturated rings. The minimum absolute atomic E-state index is 0.0629. The molecular formula is C12H18N2O6. The van der Waals surface area contributed by atoms with Gasteiger partial charge in [-0.3, -0.25) is 4.79 Å². The fraction of sp³-hybridized carbons (Fsp3) is 0.500. The Kier molecular flexibility index (Phi) is 4.17. The molecule has 0 aliphatic heterocycles. The first-order valence-electron chi connectivity index (χ1n) is 5.89. The number of nitrogens with one attached hydrogen (secondary N) is 1. The second kappa shape index (κ2) is 5.32. The maximum absolute atomic E-state index is 12.0. The molecule has 1 aromatic heterocycles. The zero-order chi connectivity index (χ0) is 15.7. The van der Waals surface area contributed by atoms with E-state index in [2.05, 4.69) is 5.32 Å². The molecule has 1 amide bonds. The second-order valence-corrected chi connectivity index (χ2v) is 5.28. The molecule has 8 nitrogen and oxygen atoms in total. The molecule has 1 aromatic rings. The van der Waals surface area contributed by atoms with Crippen LogP contribution in [0.25, 0.3) is 0 Å². The molecule has 0 radical (unpaired) electrons. The number of Topliss-reactive ketones (excluding diaryl/α,β-unsaturated/α-hetero) is 1. The molecule has 1 heterocycles. The van der Waals surface area contributed by atoms with Crippen LogP contribution in [-0.4, -0.2) is 43.7 Å². The third kappa shape index (κ3) is 3.56. The number of aromatic hydroxyl groups is 2. The van der Waals surface area contributed by atoms with Crippen molar-refractivity contribution in [3.63, 3.8) is 0 Å². The van der Waals surface area contributed by atoms with Gasteiger partial charge in [-0.05, 0) is 27.7 Å². The minimum Gasteiger partial charge on any atom is -0.492 e. The van der Waals surface area contributed by atoms with Gasteiger partial charge >= 0.3 is 6.09 Å². The van der Waals surface area contributed by atoms with Gasteiger partial charge in [-0.15, -0.1) is 4.73 Å². The van der Waals surface area contributed by atoms with Gasteiger partial charge < -0.3 is 25.5 Å². The summed E-state index contributed by atoms with van der Waals surface area (Å²) in [5.41, 5.74) is -1.02. The third-order valence-electron chi connectivity index (χ3n) is 2.32. The number of carbonyl (C=O) groups excluding carboxylic acids is 2. The number of rotatable bonds is 3. The molecule has 0 saturated heterocycles. The van der Waals surface area contributed by atoms with Crippen LogP contribution in [0.4, 0.5) is 4.79 Å². The zero-order valence-corrected chi connectivity index (χ0v) is 11.7. The van der Waals surface area contributed by atoms with Crippen molar-refractivity contribution in [1.82, 2.24) is 10.0 Å². The Labute approximate surface area is 115 Å². The number of ether oxygens (including phenoxy) is 1. The SMILES string of the molecule is C[C@H](NC(=O)OC(C)(C)C)C(=O)c1cc(O)n(O)c1O. The monoisotopic (exact) mass is 286 g/mol. The molecule has 0 spiro atoms. The highest BCUT2D eigenvalue weighted by molar-refractivity contribution is 6.03. The van der Waals surface area contributed by atoms with Gasteiger partial charge in [-0.2, -0.15) is 0 Å². The number of alkyl carbamates (subject to hydrolysis) is 1. The van der Waals surface area contributed by atoms with Gasteiger partial charge in [0.05, 0.1) is 11.6 Å². The molecule has 1 rings (SSSR count). The van der Waals surface area contributed by atoms with E-state index in [0.717, 1.165) is 6.07 Å². The van der Waals surface area contributed by atoms with Crippen LogP contribution in [-0.2, 0) is 4.74 Å². The van der Waals surface area contributed by atoms with Crippen molar-refractivity contribution < 1.29 is 29.7 Å². The standard InChI is InChI=1S/C12H18N2O6/c1-6(13-11(18)20-12(2,3)4)9(16)7-5-8(15)14(19)10(7)17/h5-6,15,17,19H,1-4H3,(H,13,18)/t6-/m0/s1. The highest BCUT2D eigenvalue weighted by Crippen LogP contribution is 2.26. The second-order valence-electron chi connectivity index (χ2n) is 5.28. The van der Waals surface area contributed by atoms with E-state index in [-0.39, 0.29) is 10.3 Å². The first kappa shape index (κ1) is 15.7.